The van der Waals surface area contributed by atoms with E-state index in [0.717, 1.165) is 54.6 Å². The molecule has 2 heterocycles. The molecule has 184 valence electrons. The minimum Gasteiger partial charge on any atom is -0.466 e. The first-order valence-corrected chi connectivity index (χ1v) is 12.0. The van der Waals surface area contributed by atoms with Gasteiger partial charge in [-0.2, -0.15) is 13.2 Å². The minimum absolute atomic E-state index is 0.159. The third-order valence-corrected chi connectivity index (χ3v) is 6.97. The number of fused-ring (bicyclic) bond motifs is 1. The third kappa shape index (κ3) is 4.86. The Kier molecular flexibility index (Phi) is 7.05. The molecular weight excluding hydrogens is 445 g/mol. The number of hydrogen-bond donors (Lipinski definition) is 0. The summed E-state index contributed by atoms with van der Waals surface area (Å²) in [7, 11) is 0. The average Bonchev–Trinajstić information content (AvgIpc) is 3.10. The summed E-state index contributed by atoms with van der Waals surface area (Å²) >= 11 is 0. The zero-order valence-corrected chi connectivity index (χ0v) is 19.7. The highest BCUT2D eigenvalue weighted by atomic mass is 19.4. The fourth-order valence-electron chi connectivity index (χ4n) is 5.31. The first kappa shape index (κ1) is 24.4. The van der Waals surface area contributed by atoms with Gasteiger partial charge in [-0.1, -0.05) is 12.1 Å². The summed E-state index contributed by atoms with van der Waals surface area (Å²) in [6, 6.07) is 5.31. The summed E-state index contributed by atoms with van der Waals surface area (Å²) in [5, 5.41) is 0. The Morgan fingerprint density at radius 2 is 1.91 bits per heavy atom. The van der Waals surface area contributed by atoms with E-state index in [1.807, 2.05) is 11.5 Å². The number of ether oxygens (including phenoxy) is 1. The number of carbonyl (C=O) groups excluding carboxylic acids is 2. The number of amides is 1. The molecule has 2 aliphatic rings. The monoisotopic (exact) mass is 476 g/mol. The highest BCUT2D eigenvalue weighted by molar-refractivity contribution is 5.95. The SMILES string of the molecule is CCOC(=O)C1CCCN(C(=O)c2c(C)c3c(n2Cc2cccc(C(F)(F)F)c2)CCCC3)C1. The molecule has 0 radical (unpaired) electrons. The van der Waals surface area contributed by atoms with Crippen LogP contribution in [0.25, 0.3) is 0 Å². The molecule has 34 heavy (non-hydrogen) atoms. The molecule has 2 aromatic rings. The number of piperidine rings is 1. The number of alkyl halides is 3. The molecule has 1 atom stereocenters. The second-order valence-electron chi connectivity index (χ2n) is 9.23. The van der Waals surface area contributed by atoms with Gasteiger partial charge in [-0.25, -0.2) is 0 Å². The lowest BCUT2D eigenvalue weighted by molar-refractivity contribution is -0.149. The van der Waals surface area contributed by atoms with E-state index in [1.165, 1.54) is 6.07 Å². The van der Waals surface area contributed by atoms with Gasteiger partial charge in [0.2, 0.25) is 0 Å². The van der Waals surface area contributed by atoms with Gasteiger partial charge in [-0.3, -0.25) is 9.59 Å². The molecule has 8 heteroatoms. The Balaban J connectivity index is 1.69. The summed E-state index contributed by atoms with van der Waals surface area (Å²) in [6.45, 7) is 5.06. The van der Waals surface area contributed by atoms with Crippen LogP contribution >= 0.6 is 0 Å². The molecule has 1 amide bonds. The van der Waals surface area contributed by atoms with Crippen molar-refractivity contribution in [3.05, 3.63) is 57.9 Å². The van der Waals surface area contributed by atoms with Crippen LogP contribution in [0, 0.1) is 12.8 Å². The number of nitrogens with zero attached hydrogens (tertiary/aromatic N) is 2. The molecule has 5 nitrogen and oxygen atoms in total. The number of likely N-dealkylation sites (tertiary alicyclic amines) is 1. The van der Waals surface area contributed by atoms with Crippen molar-refractivity contribution in [2.24, 2.45) is 5.92 Å². The summed E-state index contributed by atoms with van der Waals surface area (Å²) in [5.74, 6) is -0.789. The van der Waals surface area contributed by atoms with E-state index in [-0.39, 0.29) is 24.3 Å². The number of aromatic nitrogens is 1. The lowest BCUT2D eigenvalue weighted by Crippen LogP contribution is -2.43. The normalized spacial score (nSPS) is 18.5. The van der Waals surface area contributed by atoms with Crippen LogP contribution in [0.2, 0.25) is 0 Å². The molecule has 1 aliphatic heterocycles. The number of hydrogen-bond acceptors (Lipinski definition) is 3. The van der Waals surface area contributed by atoms with E-state index in [0.29, 0.717) is 43.8 Å². The van der Waals surface area contributed by atoms with Crippen molar-refractivity contribution in [1.29, 1.82) is 0 Å². The maximum atomic E-state index is 13.8. The maximum absolute atomic E-state index is 13.8. The Labute approximate surface area is 197 Å². The van der Waals surface area contributed by atoms with Crippen LogP contribution in [0.1, 0.15) is 71.0 Å². The van der Waals surface area contributed by atoms with Crippen molar-refractivity contribution in [2.75, 3.05) is 19.7 Å². The van der Waals surface area contributed by atoms with Gasteiger partial charge in [0.05, 0.1) is 18.1 Å². The lowest BCUT2D eigenvalue weighted by Gasteiger charge is -2.32. The van der Waals surface area contributed by atoms with Crippen molar-refractivity contribution in [3.8, 4) is 0 Å². The van der Waals surface area contributed by atoms with Gasteiger partial charge in [0, 0.05) is 25.3 Å². The van der Waals surface area contributed by atoms with Crippen LogP contribution in [0.5, 0.6) is 0 Å². The molecule has 1 saturated heterocycles. The van der Waals surface area contributed by atoms with E-state index in [9.17, 15) is 22.8 Å². The molecule has 4 rings (SSSR count). The predicted octanol–water partition coefficient (Wildman–Crippen LogP) is 5.16. The Hall–Kier alpha value is -2.77. The number of halogens is 3. The van der Waals surface area contributed by atoms with Gasteiger partial charge in [0.25, 0.3) is 5.91 Å². The van der Waals surface area contributed by atoms with Gasteiger partial charge in [-0.15, -0.1) is 0 Å². The molecule has 1 fully saturated rings. The van der Waals surface area contributed by atoms with Gasteiger partial charge < -0.3 is 14.2 Å². The minimum atomic E-state index is -4.42. The van der Waals surface area contributed by atoms with Gasteiger partial charge >= 0.3 is 12.1 Å². The molecule has 0 saturated carbocycles. The van der Waals surface area contributed by atoms with Crippen molar-refractivity contribution in [1.82, 2.24) is 9.47 Å². The third-order valence-electron chi connectivity index (χ3n) is 6.97. The standard InChI is InChI=1S/C26H31F3N2O3/c1-3-34-25(33)19-9-7-13-30(16-19)24(32)23-17(2)21-11-4-5-12-22(21)31(23)15-18-8-6-10-20(14-18)26(27,28)29/h6,8,10,14,19H,3-5,7,9,11-13,15-16H2,1-2H3. The smallest absolute Gasteiger partial charge is 0.416 e. The molecule has 1 unspecified atom stereocenters. The second kappa shape index (κ2) is 9.84. The zero-order chi connectivity index (χ0) is 24.5. The Morgan fingerprint density at radius 3 is 2.65 bits per heavy atom. The van der Waals surface area contributed by atoms with Crippen molar-refractivity contribution in [3.63, 3.8) is 0 Å². The number of benzene rings is 1. The first-order chi connectivity index (χ1) is 16.2. The van der Waals surface area contributed by atoms with E-state index in [1.54, 1.807) is 17.9 Å². The molecule has 0 spiro atoms. The summed E-state index contributed by atoms with van der Waals surface area (Å²) in [5.41, 5.74) is 3.45. The number of esters is 1. The zero-order valence-electron chi connectivity index (χ0n) is 19.7. The summed E-state index contributed by atoms with van der Waals surface area (Å²) < 4.78 is 47.0. The Bertz CT molecular complexity index is 1070. The first-order valence-electron chi connectivity index (χ1n) is 12.0. The summed E-state index contributed by atoms with van der Waals surface area (Å²) in [6.07, 6.45) is 0.656. The van der Waals surface area contributed by atoms with Crippen LogP contribution in [-0.2, 0) is 35.1 Å². The highest BCUT2D eigenvalue weighted by Gasteiger charge is 2.34. The van der Waals surface area contributed by atoms with E-state index in [4.69, 9.17) is 4.74 Å². The van der Waals surface area contributed by atoms with Crippen molar-refractivity contribution < 1.29 is 27.5 Å². The molecule has 0 N–H and O–H groups in total. The molecular formula is C26H31F3N2O3. The van der Waals surface area contributed by atoms with E-state index >= 15 is 0 Å². The van der Waals surface area contributed by atoms with Crippen LogP contribution in [0.3, 0.4) is 0 Å². The summed E-state index contributed by atoms with van der Waals surface area (Å²) in [4.78, 5) is 27.8. The average molecular weight is 477 g/mol. The number of carbonyl (C=O) groups is 2. The topological polar surface area (TPSA) is 51.5 Å². The van der Waals surface area contributed by atoms with Crippen LogP contribution in [-0.4, -0.2) is 41.0 Å². The van der Waals surface area contributed by atoms with E-state index in [2.05, 4.69) is 0 Å². The van der Waals surface area contributed by atoms with Gasteiger partial charge in [0.1, 0.15) is 5.69 Å². The van der Waals surface area contributed by atoms with Gasteiger partial charge in [0.15, 0.2) is 0 Å². The lowest BCUT2D eigenvalue weighted by atomic mass is 9.94. The fraction of sp³-hybridized carbons (Fsp3) is 0.538. The van der Waals surface area contributed by atoms with E-state index < -0.39 is 11.7 Å². The molecule has 1 aliphatic carbocycles. The Morgan fingerprint density at radius 1 is 1.15 bits per heavy atom. The fourth-order valence-corrected chi connectivity index (χ4v) is 5.31. The quantitative estimate of drug-likeness (QED) is 0.561. The van der Waals surface area contributed by atoms with Gasteiger partial charge in [-0.05, 0) is 81.2 Å². The van der Waals surface area contributed by atoms with Crippen LogP contribution in [0.4, 0.5) is 13.2 Å². The second-order valence-corrected chi connectivity index (χ2v) is 9.23. The number of rotatable bonds is 5. The largest absolute Gasteiger partial charge is 0.466 e. The van der Waals surface area contributed by atoms with Crippen LogP contribution < -0.4 is 0 Å². The molecule has 1 aromatic carbocycles. The predicted molar refractivity (Wildman–Crippen MR) is 122 cm³/mol. The molecule has 0 bridgehead atoms. The highest BCUT2D eigenvalue weighted by Crippen LogP contribution is 2.34. The van der Waals surface area contributed by atoms with Crippen LogP contribution in [0.15, 0.2) is 24.3 Å². The van der Waals surface area contributed by atoms with Crippen molar-refractivity contribution in [2.45, 2.75) is 65.1 Å². The molecule has 1 aromatic heterocycles. The van der Waals surface area contributed by atoms with Crippen molar-refractivity contribution >= 4 is 11.9 Å². The maximum Gasteiger partial charge on any atom is 0.416 e.